The average molecular weight is 442 g/mol. The summed E-state index contributed by atoms with van der Waals surface area (Å²) in [7, 11) is -2.34. The Balaban J connectivity index is 1.63. The highest BCUT2D eigenvalue weighted by Gasteiger charge is 2.32. The molecule has 2 aromatic carbocycles. The van der Waals surface area contributed by atoms with Crippen LogP contribution >= 0.6 is 0 Å². The number of esters is 1. The SMILES string of the molecule is COC(=O)c1ccc(CS(=O)(=O)N2CCN(c3cccc(C(F)(F)F)c3)CC2)cc1. The smallest absolute Gasteiger partial charge is 0.416 e. The predicted octanol–water partition coefficient (Wildman–Crippen LogP) is 3.14. The molecule has 1 heterocycles. The summed E-state index contributed by atoms with van der Waals surface area (Å²) in [5.41, 5.74) is 0.544. The standard InChI is InChI=1S/C20H21F3N2O4S/c1-29-19(26)16-7-5-15(6-8-16)14-30(27,28)25-11-9-24(10-12-25)18-4-2-3-17(13-18)20(21,22)23/h2-8,13H,9-12,14H2,1H3. The minimum absolute atomic E-state index is 0.179. The summed E-state index contributed by atoms with van der Waals surface area (Å²) >= 11 is 0. The normalized spacial score (nSPS) is 15.8. The fraction of sp³-hybridized carbons (Fsp3) is 0.350. The van der Waals surface area contributed by atoms with Crippen molar-refractivity contribution in [2.75, 3.05) is 38.2 Å². The first-order valence-corrected chi connectivity index (χ1v) is 10.8. The average Bonchev–Trinajstić information content (AvgIpc) is 2.73. The van der Waals surface area contributed by atoms with Crippen LogP contribution in [0.1, 0.15) is 21.5 Å². The van der Waals surface area contributed by atoms with Gasteiger partial charge in [0, 0.05) is 31.9 Å². The quantitative estimate of drug-likeness (QED) is 0.666. The maximum atomic E-state index is 12.9. The van der Waals surface area contributed by atoms with Crippen LogP contribution in [-0.2, 0) is 26.7 Å². The van der Waals surface area contributed by atoms with E-state index >= 15 is 0 Å². The second-order valence-corrected chi connectivity index (χ2v) is 8.85. The fourth-order valence-electron chi connectivity index (χ4n) is 3.26. The molecule has 0 spiro atoms. The van der Waals surface area contributed by atoms with Crippen molar-refractivity contribution in [3.63, 3.8) is 0 Å². The third-order valence-electron chi connectivity index (χ3n) is 4.89. The van der Waals surface area contributed by atoms with Gasteiger partial charge in [0.25, 0.3) is 0 Å². The lowest BCUT2D eigenvalue weighted by atomic mass is 10.1. The molecule has 1 fully saturated rings. The van der Waals surface area contributed by atoms with Crippen molar-refractivity contribution in [3.8, 4) is 0 Å². The van der Waals surface area contributed by atoms with E-state index < -0.39 is 27.7 Å². The molecule has 1 aliphatic rings. The number of sulfonamides is 1. The number of piperazine rings is 1. The van der Waals surface area contributed by atoms with Crippen molar-refractivity contribution < 1.29 is 31.1 Å². The largest absolute Gasteiger partial charge is 0.465 e. The Labute approximate surface area is 172 Å². The number of anilines is 1. The van der Waals surface area contributed by atoms with Crippen molar-refractivity contribution in [3.05, 3.63) is 65.2 Å². The molecular formula is C20H21F3N2O4S. The molecule has 2 aromatic rings. The van der Waals surface area contributed by atoms with Crippen LogP contribution in [0.3, 0.4) is 0 Å². The maximum absolute atomic E-state index is 12.9. The molecule has 1 aliphatic heterocycles. The Bertz CT molecular complexity index is 999. The van der Waals surface area contributed by atoms with E-state index in [0.717, 1.165) is 12.1 Å². The highest BCUT2D eigenvalue weighted by molar-refractivity contribution is 7.88. The van der Waals surface area contributed by atoms with Crippen LogP contribution in [0.2, 0.25) is 0 Å². The van der Waals surface area contributed by atoms with E-state index in [1.807, 2.05) is 0 Å². The molecule has 0 radical (unpaired) electrons. The number of methoxy groups -OCH3 is 1. The number of nitrogens with zero attached hydrogens (tertiary/aromatic N) is 2. The molecule has 10 heteroatoms. The number of hydrogen-bond acceptors (Lipinski definition) is 5. The first-order chi connectivity index (χ1) is 14.1. The summed E-state index contributed by atoms with van der Waals surface area (Å²) in [6.45, 7) is 0.946. The first-order valence-electron chi connectivity index (χ1n) is 9.17. The molecule has 0 N–H and O–H groups in total. The molecule has 30 heavy (non-hydrogen) atoms. The zero-order chi connectivity index (χ0) is 21.9. The van der Waals surface area contributed by atoms with Crippen LogP contribution in [0.25, 0.3) is 0 Å². The van der Waals surface area contributed by atoms with Gasteiger partial charge in [0.2, 0.25) is 10.0 Å². The topological polar surface area (TPSA) is 66.9 Å². The molecule has 162 valence electrons. The van der Waals surface area contributed by atoms with Gasteiger partial charge in [-0.1, -0.05) is 18.2 Å². The van der Waals surface area contributed by atoms with Gasteiger partial charge >= 0.3 is 12.1 Å². The second kappa shape index (κ2) is 8.65. The summed E-state index contributed by atoms with van der Waals surface area (Å²) in [4.78, 5) is 13.2. The lowest BCUT2D eigenvalue weighted by molar-refractivity contribution is -0.137. The lowest BCUT2D eigenvalue weighted by Crippen LogP contribution is -2.49. The van der Waals surface area contributed by atoms with Crippen molar-refractivity contribution >= 4 is 21.7 Å². The van der Waals surface area contributed by atoms with E-state index in [1.165, 1.54) is 29.6 Å². The van der Waals surface area contributed by atoms with Crippen LogP contribution < -0.4 is 4.90 Å². The maximum Gasteiger partial charge on any atom is 0.416 e. The van der Waals surface area contributed by atoms with Crippen molar-refractivity contribution in [2.24, 2.45) is 0 Å². The van der Waals surface area contributed by atoms with Gasteiger partial charge in [-0.3, -0.25) is 0 Å². The minimum atomic E-state index is -4.43. The third-order valence-corrected chi connectivity index (χ3v) is 6.74. The van der Waals surface area contributed by atoms with E-state index in [9.17, 15) is 26.4 Å². The summed E-state index contributed by atoms with van der Waals surface area (Å²) in [6, 6.07) is 11.1. The number of carbonyl (C=O) groups is 1. The van der Waals surface area contributed by atoms with Crippen molar-refractivity contribution in [2.45, 2.75) is 11.9 Å². The fourth-order valence-corrected chi connectivity index (χ4v) is 4.78. The molecule has 0 amide bonds. The van der Waals surface area contributed by atoms with Crippen molar-refractivity contribution in [1.29, 1.82) is 0 Å². The molecule has 0 aromatic heterocycles. The van der Waals surface area contributed by atoms with Crippen LogP contribution in [0.5, 0.6) is 0 Å². The Kier molecular flexibility index (Phi) is 6.37. The van der Waals surface area contributed by atoms with Crippen LogP contribution in [0, 0.1) is 0 Å². The number of alkyl halides is 3. The molecular weight excluding hydrogens is 421 g/mol. The van der Waals surface area contributed by atoms with E-state index in [2.05, 4.69) is 4.74 Å². The summed E-state index contributed by atoms with van der Waals surface area (Å²) in [5.74, 6) is -0.729. The van der Waals surface area contributed by atoms with Crippen LogP contribution in [0.15, 0.2) is 48.5 Å². The molecule has 0 unspecified atom stereocenters. The van der Waals surface area contributed by atoms with E-state index in [1.54, 1.807) is 23.1 Å². The summed E-state index contributed by atoms with van der Waals surface area (Å²) in [5, 5.41) is 0. The Morgan fingerprint density at radius 2 is 1.67 bits per heavy atom. The molecule has 0 atom stereocenters. The van der Waals surface area contributed by atoms with Gasteiger partial charge in [-0.25, -0.2) is 13.2 Å². The number of benzene rings is 2. The third kappa shape index (κ3) is 5.11. The van der Waals surface area contributed by atoms with Crippen LogP contribution in [0.4, 0.5) is 18.9 Å². The minimum Gasteiger partial charge on any atom is -0.465 e. The Morgan fingerprint density at radius 3 is 2.23 bits per heavy atom. The number of rotatable bonds is 5. The van der Waals surface area contributed by atoms with Gasteiger partial charge in [-0.05, 0) is 35.9 Å². The van der Waals surface area contributed by atoms with Gasteiger partial charge in [0.05, 0.1) is 24.0 Å². The number of halogens is 3. The zero-order valence-corrected chi connectivity index (χ0v) is 17.0. The van der Waals surface area contributed by atoms with Gasteiger partial charge in [-0.15, -0.1) is 0 Å². The number of carbonyl (C=O) groups excluding carboxylic acids is 1. The molecule has 6 nitrogen and oxygen atoms in total. The second-order valence-electron chi connectivity index (χ2n) is 6.88. The first kappa shape index (κ1) is 22.1. The van der Waals surface area contributed by atoms with E-state index in [0.29, 0.717) is 29.9 Å². The van der Waals surface area contributed by atoms with Gasteiger partial charge in [-0.2, -0.15) is 17.5 Å². The highest BCUT2D eigenvalue weighted by atomic mass is 32.2. The molecule has 3 rings (SSSR count). The monoisotopic (exact) mass is 442 g/mol. The van der Waals surface area contributed by atoms with Gasteiger partial charge < -0.3 is 9.64 Å². The molecule has 0 aliphatic carbocycles. The van der Waals surface area contributed by atoms with E-state index in [4.69, 9.17) is 0 Å². The summed E-state index contributed by atoms with van der Waals surface area (Å²) in [6.07, 6.45) is -4.43. The Morgan fingerprint density at radius 1 is 1.03 bits per heavy atom. The molecule has 1 saturated heterocycles. The van der Waals surface area contributed by atoms with E-state index in [-0.39, 0.29) is 18.8 Å². The lowest BCUT2D eigenvalue weighted by Gasteiger charge is -2.35. The number of ether oxygens (including phenoxy) is 1. The predicted molar refractivity (Wildman–Crippen MR) is 106 cm³/mol. The van der Waals surface area contributed by atoms with Gasteiger partial charge in [0.15, 0.2) is 0 Å². The Hall–Kier alpha value is -2.59. The number of hydrogen-bond donors (Lipinski definition) is 0. The molecule has 0 saturated carbocycles. The zero-order valence-electron chi connectivity index (χ0n) is 16.2. The highest BCUT2D eigenvalue weighted by Crippen LogP contribution is 2.32. The van der Waals surface area contributed by atoms with Gasteiger partial charge in [0.1, 0.15) is 0 Å². The van der Waals surface area contributed by atoms with Crippen LogP contribution in [-0.4, -0.2) is 52.0 Å². The molecule has 0 bridgehead atoms. The van der Waals surface area contributed by atoms with Crippen molar-refractivity contribution in [1.82, 2.24) is 4.31 Å². The summed E-state index contributed by atoms with van der Waals surface area (Å²) < 4.78 is 70.2.